The Bertz CT molecular complexity index is 943. The number of para-hydroxylation sites is 1. The van der Waals surface area contributed by atoms with Gasteiger partial charge in [0, 0.05) is 45.1 Å². The summed E-state index contributed by atoms with van der Waals surface area (Å²) in [6, 6.07) is 11.4. The van der Waals surface area contributed by atoms with Gasteiger partial charge in [0.1, 0.15) is 10.6 Å². The standard InChI is InChI=1S/C17H21N3O5S2/c21-26(22,25-16-5-2-1-3-6-16)14-13-19-9-11-20(12-10-19)27(23,24)17-7-4-8-18-15-17/h1-8,15H,9-14H2. The Hall–Kier alpha value is -2.01. The van der Waals surface area contributed by atoms with Crippen molar-refractivity contribution in [2.45, 2.75) is 4.90 Å². The second-order valence-electron chi connectivity index (χ2n) is 6.09. The molecule has 0 amide bonds. The molecule has 0 N–H and O–H groups in total. The number of hydrogen-bond acceptors (Lipinski definition) is 7. The molecule has 0 saturated carbocycles. The van der Waals surface area contributed by atoms with Gasteiger partial charge in [0.15, 0.2) is 0 Å². The van der Waals surface area contributed by atoms with Crippen LogP contribution >= 0.6 is 0 Å². The van der Waals surface area contributed by atoms with Gasteiger partial charge in [0.05, 0.1) is 5.75 Å². The second kappa shape index (κ2) is 8.34. The van der Waals surface area contributed by atoms with Crippen LogP contribution in [0.25, 0.3) is 0 Å². The summed E-state index contributed by atoms with van der Waals surface area (Å²) in [6.07, 6.45) is 2.85. The fourth-order valence-electron chi connectivity index (χ4n) is 2.75. The van der Waals surface area contributed by atoms with Crippen LogP contribution in [-0.4, -0.2) is 69.5 Å². The zero-order chi connectivity index (χ0) is 19.3. The van der Waals surface area contributed by atoms with Crippen molar-refractivity contribution in [3.05, 3.63) is 54.9 Å². The fraction of sp³-hybridized carbons (Fsp3) is 0.353. The largest absolute Gasteiger partial charge is 0.382 e. The minimum atomic E-state index is -3.70. The van der Waals surface area contributed by atoms with E-state index in [1.54, 1.807) is 36.4 Å². The number of hydrogen-bond donors (Lipinski definition) is 0. The zero-order valence-electron chi connectivity index (χ0n) is 14.6. The van der Waals surface area contributed by atoms with Crippen LogP contribution in [0.5, 0.6) is 5.75 Å². The van der Waals surface area contributed by atoms with E-state index in [2.05, 4.69) is 4.98 Å². The molecule has 2 heterocycles. The normalized spacial score (nSPS) is 16.9. The summed E-state index contributed by atoms with van der Waals surface area (Å²) in [5, 5.41) is 0. The van der Waals surface area contributed by atoms with Crippen molar-refractivity contribution in [1.82, 2.24) is 14.2 Å². The van der Waals surface area contributed by atoms with Gasteiger partial charge >= 0.3 is 10.1 Å². The summed E-state index contributed by atoms with van der Waals surface area (Å²) >= 11 is 0. The molecule has 146 valence electrons. The lowest BCUT2D eigenvalue weighted by atomic mass is 10.3. The van der Waals surface area contributed by atoms with Gasteiger partial charge in [0.25, 0.3) is 0 Å². The molecule has 1 saturated heterocycles. The Kier molecular flexibility index (Phi) is 6.10. The summed E-state index contributed by atoms with van der Waals surface area (Å²) < 4.78 is 55.8. The molecular weight excluding hydrogens is 390 g/mol. The quantitative estimate of drug-likeness (QED) is 0.622. The first-order chi connectivity index (χ1) is 12.9. The molecule has 0 spiro atoms. The predicted octanol–water partition coefficient (Wildman–Crippen LogP) is 0.797. The maximum atomic E-state index is 12.6. The highest BCUT2D eigenvalue weighted by atomic mass is 32.2. The highest BCUT2D eigenvalue weighted by Crippen LogP contribution is 2.17. The van der Waals surface area contributed by atoms with E-state index in [4.69, 9.17) is 4.18 Å². The highest BCUT2D eigenvalue weighted by molar-refractivity contribution is 7.89. The van der Waals surface area contributed by atoms with E-state index in [9.17, 15) is 16.8 Å². The maximum Gasteiger partial charge on any atom is 0.310 e. The molecule has 2 aromatic rings. The van der Waals surface area contributed by atoms with Gasteiger partial charge in [-0.25, -0.2) is 8.42 Å². The Morgan fingerprint density at radius 1 is 0.926 bits per heavy atom. The monoisotopic (exact) mass is 411 g/mol. The number of aromatic nitrogens is 1. The third-order valence-electron chi connectivity index (χ3n) is 4.23. The molecule has 8 nitrogen and oxygen atoms in total. The van der Waals surface area contributed by atoms with Crippen LogP contribution in [-0.2, 0) is 20.1 Å². The van der Waals surface area contributed by atoms with Gasteiger partial charge in [-0.2, -0.15) is 12.7 Å². The number of sulfonamides is 1. The molecule has 0 unspecified atom stereocenters. The summed E-state index contributed by atoms with van der Waals surface area (Å²) in [5.41, 5.74) is 0. The Labute approximate surface area is 159 Å². The number of nitrogens with zero attached hydrogens (tertiary/aromatic N) is 3. The number of rotatable bonds is 7. The third-order valence-corrected chi connectivity index (χ3v) is 7.24. The molecule has 1 aliphatic rings. The van der Waals surface area contributed by atoms with Gasteiger partial charge < -0.3 is 4.18 Å². The molecule has 1 aromatic carbocycles. The molecule has 3 rings (SSSR count). The molecule has 10 heteroatoms. The van der Waals surface area contributed by atoms with E-state index in [1.807, 2.05) is 4.90 Å². The van der Waals surface area contributed by atoms with Crippen molar-refractivity contribution in [1.29, 1.82) is 0 Å². The van der Waals surface area contributed by atoms with E-state index < -0.39 is 20.1 Å². The lowest BCUT2D eigenvalue weighted by Crippen LogP contribution is -2.49. The lowest BCUT2D eigenvalue weighted by Gasteiger charge is -2.33. The smallest absolute Gasteiger partial charge is 0.310 e. The first-order valence-corrected chi connectivity index (χ1v) is 11.5. The Morgan fingerprint density at radius 2 is 1.63 bits per heavy atom. The van der Waals surface area contributed by atoms with Gasteiger partial charge in [0.2, 0.25) is 10.0 Å². The first kappa shape index (κ1) is 19.7. The summed E-state index contributed by atoms with van der Waals surface area (Å²) in [4.78, 5) is 5.94. The van der Waals surface area contributed by atoms with E-state index in [0.717, 1.165) is 0 Å². The second-order valence-corrected chi connectivity index (χ2v) is 9.72. The average molecular weight is 412 g/mol. The summed E-state index contributed by atoms with van der Waals surface area (Å²) in [5.74, 6) is 0.127. The van der Waals surface area contributed by atoms with E-state index >= 15 is 0 Å². The average Bonchev–Trinajstić information content (AvgIpc) is 2.68. The minimum absolute atomic E-state index is 0.156. The van der Waals surface area contributed by atoms with Crippen molar-refractivity contribution in [3.8, 4) is 5.75 Å². The van der Waals surface area contributed by atoms with Crippen molar-refractivity contribution < 1.29 is 21.0 Å². The molecule has 0 atom stereocenters. The molecule has 1 aliphatic heterocycles. The van der Waals surface area contributed by atoms with Crippen LogP contribution in [0.2, 0.25) is 0 Å². The van der Waals surface area contributed by atoms with E-state index in [0.29, 0.717) is 26.2 Å². The Morgan fingerprint density at radius 3 is 2.26 bits per heavy atom. The van der Waals surface area contributed by atoms with E-state index in [-0.39, 0.29) is 22.9 Å². The lowest BCUT2D eigenvalue weighted by molar-refractivity contribution is 0.196. The highest BCUT2D eigenvalue weighted by Gasteiger charge is 2.29. The first-order valence-electron chi connectivity index (χ1n) is 8.47. The van der Waals surface area contributed by atoms with Crippen LogP contribution in [0.3, 0.4) is 0 Å². The van der Waals surface area contributed by atoms with E-state index in [1.165, 1.54) is 22.8 Å². The van der Waals surface area contributed by atoms with Gasteiger partial charge in [-0.1, -0.05) is 18.2 Å². The van der Waals surface area contributed by atoms with Crippen LogP contribution in [0.1, 0.15) is 0 Å². The molecular formula is C17H21N3O5S2. The summed E-state index contributed by atoms with van der Waals surface area (Å²) in [7, 11) is -7.27. The number of piperazine rings is 1. The minimum Gasteiger partial charge on any atom is -0.382 e. The fourth-order valence-corrected chi connectivity index (χ4v) is 5.10. The zero-order valence-corrected chi connectivity index (χ0v) is 16.3. The van der Waals surface area contributed by atoms with Crippen molar-refractivity contribution in [2.75, 3.05) is 38.5 Å². The van der Waals surface area contributed by atoms with Crippen LogP contribution in [0.4, 0.5) is 0 Å². The van der Waals surface area contributed by atoms with Gasteiger partial charge in [-0.05, 0) is 24.3 Å². The van der Waals surface area contributed by atoms with Gasteiger partial charge in [-0.15, -0.1) is 0 Å². The number of pyridine rings is 1. The van der Waals surface area contributed by atoms with Crippen molar-refractivity contribution in [2.24, 2.45) is 0 Å². The molecule has 0 radical (unpaired) electrons. The number of benzene rings is 1. The summed E-state index contributed by atoms with van der Waals surface area (Å²) in [6.45, 7) is 1.81. The topological polar surface area (TPSA) is 96.9 Å². The predicted molar refractivity (Wildman–Crippen MR) is 100 cm³/mol. The van der Waals surface area contributed by atoms with Gasteiger partial charge in [-0.3, -0.25) is 9.88 Å². The van der Waals surface area contributed by atoms with Crippen LogP contribution < -0.4 is 4.18 Å². The molecule has 1 fully saturated rings. The Balaban J connectivity index is 1.51. The molecule has 0 aliphatic carbocycles. The van der Waals surface area contributed by atoms with Crippen molar-refractivity contribution >= 4 is 20.1 Å². The maximum absolute atomic E-state index is 12.6. The molecule has 1 aromatic heterocycles. The molecule has 27 heavy (non-hydrogen) atoms. The molecule has 0 bridgehead atoms. The van der Waals surface area contributed by atoms with Crippen LogP contribution in [0, 0.1) is 0 Å². The third kappa shape index (κ3) is 5.25. The van der Waals surface area contributed by atoms with Crippen molar-refractivity contribution in [3.63, 3.8) is 0 Å². The van der Waals surface area contributed by atoms with Crippen LogP contribution in [0.15, 0.2) is 59.8 Å². The SMILES string of the molecule is O=S(=O)(CCN1CCN(S(=O)(=O)c2cccnc2)CC1)Oc1ccccc1.